The largest absolute Gasteiger partial charge is 0.324 e. The Hall–Kier alpha value is -1.42. The summed E-state index contributed by atoms with van der Waals surface area (Å²) in [6.07, 6.45) is 4.12. The Balaban J connectivity index is 2.29. The lowest BCUT2D eigenvalue weighted by molar-refractivity contribution is 0.398. The molecule has 1 fully saturated rings. The molecule has 0 amide bonds. The molecule has 0 spiro atoms. The Kier molecular flexibility index (Phi) is 2.86. The van der Waals surface area contributed by atoms with Crippen molar-refractivity contribution in [1.29, 1.82) is 0 Å². The minimum Gasteiger partial charge on any atom is -0.324 e. The number of nitrogens with two attached hydrogens (primary N) is 1. The van der Waals surface area contributed by atoms with Crippen molar-refractivity contribution in [2.24, 2.45) is 5.73 Å². The van der Waals surface area contributed by atoms with Crippen LogP contribution in [0, 0.1) is 5.82 Å². The van der Waals surface area contributed by atoms with Crippen LogP contribution in [0.5, 0.6) is 0 Å². The van der Waals surface area contributed by atoms with E-state index < -0.39 is 5.54 Å². The van der Waals surface area contributed by atoms with Crippen molar-refractivity contribution in [3.63, 3.8) is 0 Å². The van der Waals surface area contributed by atoms with Crippen LogP contribution >= 0.6 is 0 Å². The summed E-state index contributed by atoms with van der Waals surface area (Å²) in [6, 6.07) is 5.34. The average molecular weight is 261 g/mol. The Bertz CT molecular complexity index is 609. The summed E-state index contributed by atoms with van der Waals surface area (Å²) in [5.74, 6) is 0.583. The van der Waals surface area contributed by atoms with Crippen LogP contribution in [0.1, 0.15) is 51.4 Å². The number of fused-ring (bicyclic) bond motifs is 1. The zero-order chi connectivity index (χ0) is 13.6. The van der Waals surface area contributed by atoms with E-state index in [-0.39, 0.29) is 11.9 Å². The molecular formula is C15H20FN3. The van der Waals surface area contributed by atoms with E-state index >= 15 is 0 Å². The second-order valence-electron chi connectivity index (χ2n) is 5.87. The third-order valence-corrected chi connectivity index (χ3v) is 4.13. The number of benzene rings is 1. The first-order chi connectivity index (χ1) is 9.03. The zero-order valence-corrected chi connectivity index (χ0v) is 11.5. The summed E-state index contributed by atoms with van der Waals surface area (Å²) in [7, 11) is 0. The number of hydrogen-bond acceptors (Lipinski definition) is 2. The third-order valence-electron chi connectivity index (χ3n) is 4.13. The van der Waals surface area contributed by atoms with E-state index in [9.17, 15) is 4.39 Å². The first-order valence-corrected chi connectivity index (χ1v) is 6.99. The van der Waals surface area contributed by atoms with Crippen LogP contribution in [0.3, 0.4) is 0 Å². The first-order valence-electron chi connectivity index (χ1n) is 6.99. The third kappa shape index (κ3) is 1.86. The van der Waals surface area contributed by atoms with Crippen molar-refractivity contribution in [2.75, 3.05) is 0 Å². The maximum absolute atomic E-state index is 13.9. The molecule has 0 unspecified atom stereocenters. The van der Waals surface area contributed by atoms with E-state index in [1.165, 1.54) is 6.07 Å². The Morgan fingerprint density at radius 2 is 2.00 bits per heavy atom. The minimum absolute atomic E-state index is 0.225. The molecule has 1 aromatic heterocycles. The van der Waals surface area contributed by atoms with Gasteiger partial charge in [-0.25, -0.2) is 9.37 Å². The van der Waals surface area contributed by atoms with Crippen LogP contribution in [-0.2, 0) is 5.54 Å². The topological polar surface area (TPSA) is 43.8 Å². The monoisotopic (exact) mass is 261 g/mol. The van der Waals surface area contributed by atoms with Gasteiger partial charge in [-0.1, -0.05) is 18.9 Å². The number of nitrogens with zero attached hydrogens (tertiary/aromatic N) is 2. The molecule has 4 heteroatoms. The van der Waals surface area contributed by atoms with E-state index in [4.69, 9.17) is 5.73 Å². The van der Waals surface area contributed by atoms with Crippen LogP contribution in [0.25, 0.3) is 11.0 Å². The fourth-order valence-corrected chi connectivity index (χ4v) is 3.19. The zero-order valence-electron chi connectivity index (χ0n) is 11.5. The molecule has 3 rings (SSSR count). The summed E-state index contributed by atoms with van der Waals surface area (Å²) in [5, 5.41) is 0. The lowest BCUT2D eigenvalue weighted by atomic mass is 9.98. The van der Waals surface area contributed by atoms with Crippen molar-refractivity contribution >= 4 is 11.0 Å². The fraction of sp³-hybridized carbons (Fsp3) is 0.533. The van der Waals surface area contributed by atoms with Gasteiger partial charge in [0.1, 0.15) is 11.3 Å². The van der Waals surface area contributed by atoms with Gasteiger partial charge in [-0.15, -0.1) is 0 Å². The molecule has 102 valence electrons. The number of halogens is 1. The molecule has 1 saturated carbocycles. The summed E-state index contributed by atoms with van der Waals surface area (Å²) < 4.78 is 16.0. The van der Waals surface area contributed by atoms with Gasteiger partial charge in [-0.2, -0.15) is 0 Å². The molecule has 2 N–H and O–H groups in total. The molecule has 0 radical (unpaired) electrons. The summed E-state index contributed by atoms with van der Waals surface area (Å²) in [5.41, 5.74) is 7.43. The van der Waals surface area contributed by atoms with Crippen molar-refractivity contribution in [2.45, 2.75) is 51.1 Å². The predicted molar refractivity (Wildman–Crippen MR) is 74.4 cm³/mol. The van der Waals surface area contributed by atoms with E-state index in [0.717, 1.165) is 37.0 Å². The molecule has 1 aromatic carbocycles. The van der Waals surface area contributed by atoms with E-state index in [1.807, 2.05) is 6.07 Å². The molecule has 3 nitrogen and oxygen atoms in total. The highest BCUT2D eigenvalue weighted by atomic mass is 19.1. The standard InChI is InChI=1S/C15H20FN3/c1-10(2)19-12-7-5-6-11(16)13(12)18-14(19)15(17)8-3-4-9-15/h5-7,10H,3-4,8-9,17H2,1-2H3. The van der Waals surface area contributed by atoms with Gasteiger partial charge in [0, 0.05) is 6.04 Å². The molecule has 1 heterocycles. The summed E-state index contributed by atoms with van der Waals surface area (Å²) >= 11 is 0. The van der Waals surface area contributed by atoms with Gasteiger partial charge < -0.3 is 10.3 Å². The number of para-hydroxylation sites is 1. The molecule has 1 aliphatic carbocycles. The van der Waals surface area contributed by atoms with E-state index in [2.05, 4.69) is 23.4 Å². The second kappa shape index (κ2) is 4.30. The molecule has 0 atom stereocenters. The molecule has 0 saturated heterocycles. The quantitative estimate of drug-likeness (QED) is 0.899. The number of hydrogen-bond donors (Lipinski definition) is 1. The Labute approximate surface area is 112 Å². The lowest BCUT2D eigenvalue weighted by Crippen LogP contribution is -2.36. The lowest BCUT2D eigenvalue weighted by Gasteiger charge is -2.26. The van der Waals surface area contributed by atoms with Gasteiger partial charge >= 0.3 is 0 Å². The highest BCUT2D eigenvalue weighted by Crippen LogP contribution is 2.38. The van der Waals surface area contributed by atoms with Crippen molar-refractivity contribution < 1.29 is 4.39 Å². The normalized spacial score (nSPS) is 18.6. The predicted octanol–water partition coefficient (Wildman–Crippen LogP) is 3.48. The van der Waals surface area contributed by atoms with Gasteiger partial charge in [-0.3, -0.25) is 0 Å². The minimum atomic E-state index is -0.393. The van der Waals surface area contributed by atoms with Crippen LogP contribution in [0.2, 0.25) is 0 Å². The maximum atomic E-state index is 13.9. The van der Waals surface area contributed by atoms with Gasteiger partial charge in [0.25, 0.3) is 0 Å². The second-order valence-corrected chi connectivity index (χ2v) is 5.87. The fourth-order valence-electron chi connectivity index (χ4n) is 3.19. The smallest absolute Gasteiger partial charge is 0.151 e. The van der Waals surface area contributed by atoms with Gasteiger partial charge in [0.2, 0.25) is 0 Å². The molecule has 2 aromatic rings. The highest BCUT2D eigenvalue weighted by molar-refractivity contribution is 5.77. The molecule has 19 heavy (non-hydrogen) atoms. The van der Waals surface area contributed by atoms with Gasteiger partial charge in [-0.05, 0) is 38.8 Å². The molecule has 1 aliphatic rings. The number of aromatic nitrogens is 2. The van der Waals surface area contributed by atoms with Gasteiger partial charge in [0.05, 0.1) is 11.1 Å². The Morgan fingerprint density at radius 1 is 1.32 bits per heavy atom. The van der Waals surface area contributed by atoms with Crippen LogP contribution in [0.4, 0.5) is 4.39 Å². The number of imidazole rings is 1. The van der Waals surface area contributed by atoms with Gasteiger partial charge in [0.15, 0.2) is 5.82 Å². The molecule has 0 aliphatic heterocycles. The van der Waals surface area contributed by atoms with Crippen LogP contribution < -0.4 is 5.73 Å². The van der Waals surface area contributed by atoms with E-state index in [0.29, 0.717) is 5.52 Å². The van der Waals surface area contributed by atoms with Crippen LogP contribution in [-0.4, -0.2) is 9.55 Å². The maximum Gasteiger partial charge on any atom is 0.151 e. The van der Waals surface area contributed by atoms with Crippen molar-refractivity contribution in [1.82, 2.24) is 9.55 Å². The molecule has 0 bridgehead atoms. The van der Waals surface area contributed by atoms with E-state index in [1.54, 1.807) is 6.07 Å². The van der Waals surface area contributed by atoms with Crippen molar-refractivity contribution in [3.8, 4) is 0 Å². The Morgan fingerprint density at radius 3 is 2.63 bits per heavy atom. The average Bonchev–Trinajstić information content (AvgIpc) is 2.94. The van der Waals surface area contributed by atoms with Crippen LogP contribution in [0.15, 0.2) is 18.2 Å². The number of rotatable bonds is 2. The molecular weight excluding hydrogens is 241 g/mol. The summed E-state index contributed by atoms with van der Waals surface area (Å²) in [6.45, 7) is 4.18. The first kappa shape index (κ1) is 12.6. The summed E-state index contributed by atoms with van der Waals surface area (Å²) in [4.78, 5) is 4.55. The SMILES string of the molecule is CC(C)n1c(C2(N)CCCC2)nc2c(F)cccc21. The highest BCUT2D eigenvalue weighted by Gasteiger charge is 2.37. The van der Waals surface area contributed by atoms with Crippen molar-refractivity contribution in [3.05, 3.63) is 29.8 Å².